The number of oxime groups is 2. The minimum atomic E-state index is -3.48. The average molecular weight is 1000 g/mol. The SMILES string of the molecule is CS(=O)(=O)OCCCO/N=C/c1c(N)ncnc1Nc1ccc(OCc2ccccc2)c(Cl)c1.Nc1ncnc(Nc2ccc(OCc3ccccc3)c(Cl)c2)c1/C=N/OCCCN1CCOCC1. The maximum Gasteiger partial charge on any atom is 0.264 e. The first-order chi connectivity index (χ1) is 33.5. The van der Waals surface area contributed by atoms with E-state index < -0.39 is 10.1 Å². The second-order valence-electron chi connectivity index (χ2n) is 15.0. The summed E-state index contributed by atoms with van der Waals surface area (Å²) in [5.41, 5.74) is 16.4. The molecular weight excluding hydrogens is 950 g/mol. The largest absolute Gasteiger partial charge is 0.487 e. The van der Waals surface area contributed by atoms with E-state index in [0.29, 0.717) is 76.2 Å². The van der Waals surface area contributed by atoms with Crippen molar-refractivity contribution in [2.24, 2.45) is 10.3 Å². The number of nitrogen functional groups attached to an aromatic ring is 2. The molecule has 6 N–H and O–H groups in total. The molecule has 364 valence electrons. The summed E-state index contributed by atoms with van der Waals surface area (Å²) in [4.78, 5) is 29.4. The van der Waals surface area contributed by atoms with Crippen LogP contribution in [0.3, 0.4) is 0 Å². The van der Waals surface area contributed by atoms with Gasteiger partial charge in [-0.25, -0.2) is 19.9 Å². The number of hydrogen-bond acceptors (Lipinski definition) is 19. The molecule has 4 aromatic carbocycles. The molecule has 0 atom stereocenters. The highest BCUT2D eigenvalue weighted by Crippen LogP contribution is 2.32. The summed E-state index contributed by atoms with van der Waals surface area (Å²) in [6, 6.07) is 30.4. The van der Waals surface area contributed by atoms with Gasteiger partial charge in [-0.3, -0.25) is 9.08 Å². The summed E-state index contributed by atoms with van der Waals surface area (Å²) in [6.07, 6.45) is 7.79. The first-order valence-electron chi connectivity index (χ1n) is 21.6. The summed E-state index contributed by atoms with van der Waals surface area (Å²) >= 11 is 12.8. The van der Waals surface area contributed by atoms with Gasteiger partial charge < -0.3 is 46.0 Å². The van der Waals surface area contributed by atoms with Crippen molar-refractivity contribution < 1.29 is 36.5 Å². The summed E-state index contributed by atoms with van der Waals surface area (Å²) in [6.45, 7) is 5.94. The van der Waals surface area contributed by atoms with Crippen molar-refractivity contribution in [3.05, 3.63) is 142 Å². The van der Waals surface area contributed by atoms with E-state index in [2.05, 4.69) is 50.0 Å². The number of morpholine rings is 1. The predicted octanol–water partition coefficient (Wildman–Crippen LogP) is 7.86. The fourth-order valence-corrected chi connectivity index (χ4v) is 7.09. The Morgan fingerprint density at radius 1 is 0.681 bits per heavy atom. The number of halogens is 2. The number of rotatable bonds is 23. The smallest absolute Gasteiger partial charge is 0.264 e. The minimum absolute atomic E-state index is 0.00354. The summed E-state index contributed by atoms with van der Waals surface area (Å²) in [5.74, 6) is 2.52. The maximum atomic E-state index is 10.9. The molecule has 1 aliphatic rings. The molecule has 0 spiro atoms. The summed E-state index contributed by atoms with van der Waals surface area (Å²) < 4.78 is 43.5. The molecule has 0 bridgehead atoms. The number of ether oxygens (including phenoxy) is 3. The van der Waals surface area contributed by atoms with Gasteiger partial charge in [-0.1, -0.05) is 94.2 Å². The quantitative estimate of drug-likeness (QED) is 0.0206. The monoisotopic (exact) mass is 1000 g/mol. The third-order valence-electron chi connectivity index (χ3n) is 9.70. The van der Waals surface area contributed by atoms with Crippen molar-refractivity contribution in [2.75, 3.05) is 81.0 Å². The van der Waals surface area contributed by atoms with Crippen molar-refractivity contribution in [3.8, 4) is 11.5 Å². The lowest BCUT2D eigenvalue weighted by molar-refractivity contribution is 0.0323. The van der Waals surface area contributed by atoms with Crippen molar-refractivity contribution >= 4 is 80.4 Å². The topological polar surface area (TPSA) is 245 Å². The molecule has 3 heterocycles. The molecule has 0 amide bonds. The second kappa shape index (κ2) is 27.3. The Kier molecular flexibility index (Phi) is 20.4. The third-order valence-corrected chi connectivity index (χ3v) is 10.9. The number of nitrogens with two attached hydrogens (primary N) is 2. The lowest BCUT2D eigenvalue weighted by atomic mass is 10.2. The third kappa shape index (κ3) is 18.0. The van der Waals surface area contributed by atoms with Gasteiger partial charge in [0, 0.05) is 37.4 Å². The van der Waals surface area contributed by atoms with Crippen molar-refractivity contribution in [2.45, 2.75) is 26.1 Å². The zero-order valence-electron chi connectivity index (χ0n) is 37.7. The van der Waals surface area contributed by atoms with Crippen LogP contribution < -0.4 is 31.6 Å². The molecule has 1 saturated heterocycles. The molecule has 19 nitrogen and oxygen atoms in total. The van der Waals surface area contributed by atoms with Crippen LogP contribution in [-0.4, -0.2) is 105 Å². The van der Waals surface area contributed by atoms with Gasteiger partial charge in [-0.05, 0) is 53.9 Å². The van der Waals surface area contributed by atoms with Crippen molar-refractivity contribution in [1.29, 1.82) is 0 Å². The Labute approximate surface area is 410 Å². The Morgan fingerprint density at radius 3 is 1.62 bits per heavy atom. The Hall–Kier alpha value is -6.81. The number of aromatic nitrogens is 4. The first-order valence-corrected chi connectivity index (χ1v) is 24.2. The van der Waals surface area contributed by atoms with Gasteiger partial charge in [0.05, 0.1) is 59.7 Å². The Bertz CT molecular complexity index is 2710. The molecule has 6 aromatic rings. The molecule has 22 heteroatoms. The summed E-state index contributed by atoms with van der Waals surface area (Å²) in [5, 5.41) is 15.2. The molecule has 0 radical (unpaired) electrons. The van der Waals surface area contributed by atoms with Crippen LogP contribution >= 0.6 is 23.2 Å². The molecule has 0 saturated carbocycles. The van der Waals surface area contributed by atoms with Crippen LogP contribution in [0.4, 0.5) is 34.6 Å². The van der Waals surface area contributed by atoms with Gasteiger partial charge in [-0.2, -0.15) is 8.42 Å². The van der Waals surface area contributed by atoms with E-state index in [-0.39, 0.29) is 24.8 Å². The number of benzene rings is 4. The van der Waals surface area contributed by atoms with E-state index in [1.165, 1.54) is 25.1 Å². The first kappa shape index (κ1) is 51.6. The Balaban J connectivity index is 0.000000227. The second-order valence-corrected chi connectivity index (χ2v) is 17.4. The van der Waals surface area contributed by atoms with Crippen LogP contribution in [0, 0.1) is 0 Å². The molecule has 7 rings (SSSR count). The zero-order valence-corrected chi connectivity index (χ0v) is 40.1. The molecular formula is C47H53Cl2N11O8S. The zero-order chi connectivity index (χ0) is 48.7. The highest BCUT2D eigenvalue weighted by atomic mass is 35.5. The van der Waals surface area contributed by atoms with Gasteiger partial charge in [0.15, 0.2) is 0 Å². The van der Waals surface area contributed by atoms with Crippen LogP contribution in [0.15, 0.2) is 120 Å². The van der Waals surface area contributed by atoms with E-state index in [4.69, 9.17) is 58.6 Å². The van der Waals surface area contributed by atoms with Crippen molar-refractivity contribution in [1.82, 2.24) is 24.8 Å². The van der Waals surface area contributed by atoms with Gasteiger partial charge in [0.2, 0.25) is 0 Å². The standard InChI is InChI=1S/C25H29ClN6O3.C22H24ClN5O5S/c26-22-15-20(7-8-23(22)34-17-19-5-2-1-3-6-19)31-25-21(24(27)28-18-29-25)16-30-35-12-4-9-32-10-13-33-14-11-32;1-34(29,30)33-11-5-10-32-27-13-18-21(24)25-15-26-22(18)28-17-8-9-20(19(23)12-17)31-14-16-6-3-2-4-7-16/h1-3,5-8,15-16,18H,4,9-14,17H2,(H3,27,28,29,31);2-4,6-9,12-13,15H,5,10-11,14H2,1H3,(H3,24,25,26,28)/b30-16+;27-13+. The van der Waals surface area contributed by atoms with E-state index >= 15 is 0 Å². The van der Waals surface area contributed by atoms with Gasteiger partial charge in [0.1, 0.15) is 73.9 Å². The highest BCUT2D eigenvalue weighted by Gasteiger charge is 2.13. The van der Waals surface area contributed by atoms with Crippen LogP contribution in [-0.2, 0) is 41.9 Å². The number of anilines is 6. The number of nitrogens with one attached hydrogen (secondary N) is 2. The normalized spacial score (nSPS) is 12.9. The number of nitrogens with zero attached hydrogens (tertiary/aromatic N) is 7. The van der Waals surface area contributed by atoms with Gasteiger partial charge in [-0.15, -0.1) is 0 Å². The molecule has 1 aliphatic heterocycles. The van der Waals surface area contributed by atoms with Crippen LogP contribution in [0.2, 0.25) is 10.0 Å². The Morgan fingerprint density at radius 2 is 1.16 bits per heavy atom. The van der Waals surface area contributed by atoms with Gasteiger partial charge in [0.25, 0.3) is 10.1 Å². The molecule has 1 fully saturated rings. The van der Waals surface area contributed by atoms with E-state index in [0.717, 1.165) is 62.3 Å². The molecule has 69 heavy (non-hydrogen) atoms. The van der Waals surface area contributed by atoms with E-state index in [9.17, 15) is 8.42 Å². The lowest BCUT2D eigenvalue weighted by Crippen LogP contribution is -2.37. The highest BCUT2D eigenvalue weighted by molar-refractivity contribution is 7.85. The molecule has 2 aromatic heterocycles. The fourth-order valence-electron chi connectivity index (χ4n) is 6.20. The number of hydrogen-bond donors (Lipinski definition) is 4. The van der Waals surface area contributed by atoms with Crippen LogP contribution in [0.5, 0.6) is 11.5 Å². The maximum absolute atomic E-state index is 10.9. The van der Waals surface area contributed by atoms with Crippen molar-refractivity contribution in [3.63, 3.8) is 0 Å². The molecule has 0 aliphatic carbocycles. The summed E-state index contributed by atoms with van der Waals surface area (Å²) in [7, 11) is -3.48. The molecule has 0 unspecified atom stereocenters. The van der Waals surface area contributed by atoms with E-state index in [1.54, 1.807) is 24.3 Å². The van der Waals surface area contributed by atoms with Crippen LogP contribution in [0.1, 0.15) is 35.1 Å². The van der Waals surface area contributed by atoms with E-state index in [1.807, 2.05) is 72.8 Å². The predicted molar refractivity (Wildman–Crippen MR) is 268 cm³/mol. The van der Waals surface area contributed by atoms with Gasteiger partial charge >= 0.3 is 0 Å². The lowest BCUT2D eigenvalue weighted by Gasteiger charge is -2.26. The average Bonchev–Trinajstić information content (AvgIpc) is 3.34. The minimum Gasteiger partial charge on any atom is -0.487 e. The fraction of sp³-hybridized carbons (Fsp3) is 0.277. The van der Waals surface area contributed by atoms with Crippen LogP contribution in [0.25, 0.3) is 0 Å².